The Labute approximate surface area is 115 Å². The zero-order valence-corrected chi connectivity index (χ0v) is 10.7. The second-order valence-corrected chi connectivity index (χ2v) is 4.04. The number of nitrogens with one attached hydrogen (secondary N) is 1. The van der Waals surface area contributed by atoms with Gasteiger partial charge in [0.1, 0.15) is 5.75 Å². The average Bonchev–Trinajstić information content (AvgIpc) is 2.38. The SMILES string of the molecule is CC(=O)Nc1cccc(Oc2ccccc2[N+](=O)[O-])c1. The lowest BCUT2D eigenvalue weighted by Crippen LogP contribution is -2.05. The van der Waals surface area contributed by atoms with Crippen molar-refractivity contribution in [1.82, 2.24) is 0 Å². The topological polar surface area (TPSA) is 81.5 Å². The molecule has 20 heavy (non-hydrogen) atoms. The third kappa shape index (κ3) is 3.32. The number of hydrogen-bond acceptors (Lipinski definition) is 4. The van der Waals surface area contributed by atoms with Gasteiger partial charge in [0.05, 0.1) is 4.92 Å². The van der Waals surface area contributed by atoms with E-state index in [2.05, 4.69) is 5.32 Å². The summed E-state index contributed by atoms with van der Waals surface area (Å²) in [6.45, 7) is 1.40. The van der Waals surface area contributed by atoms with Gasteiger partial charge >= 0.3 is 5.69 Å². The second-order valence-electron chi connectivity index (χ2n) is 4.04. The zero-order valence-electron chi connectivity index (χ0n) is 10.7. The molecule has 2 aromatic carbocycles. The van der Waals surface area contributed by atoms with Crippen LogP contribution in [0.3, 0.4) is 0 Å². The Balaban J connectivity index is 2.26. The van der Waals surface area contributed by atoms with E-state index in [1.54, 1.807) is 36.4 Å². The number of para-hydroxylation sites is 2. The molecule has 0 fully saturated rings. The van der Waals surface area contributed by atoms with Crippen molar-refractivity contribution < 1.29 is 14.5 Å². The molecule has 0 aliphatic carbocycles. The van der Waals surface area contributed by atoms with Crippen molar-refractivity contribution in [2.75, 3.05) is 5.32 Å². The van der Waals surface area contributed by atoms with Crippen molar-refractivity contribution in [3.05, 3.63) is 58.6 Å². The number of carbonyl (C=O) groups excluding carboxylic acids is 1. The highest BCUT2D eigenvalue weighted by Gasteiger charge is 2.14. The van der Waals surface area contributed by atoms with Crippen LogP contribution in [0.15, 0.2) is 48.5 Å². The molecule has 0 bridgehead atoms. The molecule has 0 aromatic heterocycles. The van der Waals surface area contributed by atoms with E-state index in [1.165, 1.54) is 19.1 Å². The van der Waals surface area contributed by atoms with Crippen LogP contribution in [0.5, 0.6) is 11.5 Å². The van der Waals surface area contributed by atoms with Gasteiger partial charge in [-0.15, -0.1) is 0 Å². The van der Waals surface area contributed by atoms with Crippen molar-refractivity contribution in [3.63, 3.8) is 0 Å². The van der Waals surface area contributed by atoms with Gasteiger partial charge in [-0.2, -0.15) is 0 Å². The van der Waals surface area contributed by atoms with Gasteiger partial charge < -0.3 is 10.1 Å². The summed E-state index contributed by atoms with van der Waals surface area (Å²) >= 11 is 0. The summed E-state index contributed by atoms with van der Waals surface area (Å²) in [7, 11) is 0. The minimum Gasteiger partial charge on any atom is -0.450 e. The molecule has 1 amide bonds. The number of nitrogens with zero attached hydrogens (tertiary/aromatic N) is 1. The van der Waals surface area contributed by atoms with E-state index in [9.17, 15) is 14.9 Å². The third-order valence-electron chi connectivity index (χ3n) is 2.44. The number of hydrogen-bond donors (Lipinski definition) is 1. The predicted molar refractivity (Wildman–Crippen MR) is 73.9 cm³/mol. The van der Waals surface area contributed by atoms with E-state index in [0.29, 0.717) is 11.4 Å². The van der Waals surface area contributed by atoms with E-state index in [0.717, 1.165) is 0 Å². The predicted octanol–water partition coefficient (Wildman–Crippen LogP) is 3.35. The molecule has 0 aliphatic rings. The van der Waals surface area contributed by atoms with Crippen LogP contribution in [-0.4, -0.2) is 10.8 Å². The van der Waals surface area contributed by atoms with Crippen molar-refractivity contribution >= 4 is 17.3 Å². The summed E-state index contributed by atoms with van der Waals surface area (Å²) in [5, 5.41) is 13.5. The Morgan fingerprint density at radius 3 is 2.65 bits per heavy atom. The van der Waals surface area contributed by atoms with Crippen LogP contribution in [0.4, 0.5) is 11.4 Å². The number of benzene rings is 2. The van der Waals surface area contributed by atoms with E-state index < -0.39 is 4.92 Å². The molecule has 0 heterocycles. The fraction of sp³-hybridized carbons (Fsp3) is 0.0714. The molecule has 0 saturated heterocycles. The lowest BCUT2D eigenvalue weighted by molar-refractivity contribution is -0.385. The molecule has 6 heteroatoms. The van der Waals surface area contributed by atoms with E-state index in [-0.39, 0.29) is 17.3 Å². The van der Waals surface area contributed by atoms with Gasteiger partial charge in [0, 0.05) is 24.7 Å². The molecule has 1 N–H and O–H groups in total. The first-order chi connectivity index (χ1) is 9.56. The second kappa shape index (κ2) is 5.83. The molecule has 0 unspecified atom stereocenters. The molecular weight excluding hydrogens is 260 g/mol. The molecule has 0 radical (unpaired) electrons. The first-order valence-corrected chi connectivity index (χ1v) is 5.85. The van der Waals surface area contributed by atoms with Crippen LogP contribution in [0.1, 0.15) is 6.92 Å². The molecule has 0 saturated carbocycles. The maximum atomic E-state index is 11.0. The molecule has 2 rings (SSSR count). The molecule has 102 valence electrons. The van der Waals surface area contributed by atoms with Crippen LogP contribution in [-0.2, 0) is 4.79 Å². The van der Waals surface area contributed by atoms with Gasteiger partial charge in [0.25, 0.3) is 0 Å². The fourth-order valence-electron chi connectivity index (χ4n) is 1.66. The number of carbonyl (C=O) groups is 1. The van der Waals surface area contributed by atoms with Crippen LogP contribution in [0.25, 0.3) is 0 Å². The smallest absolute Gasteiger partial charge is 0.311 e. The Bertz CT molecular complexity index is 655. The van der Waals surface area contributed by atoms with Crippen molar-refractivity contribution in [2.45, 2.75) is 6.92 Å². The lowest BCUT2D eigenvalue weighted by Gasteiger charge is -2.08. The molecular formula is C14H12N2O4. The average molecular weight is 272 g/mol. The van der Waals surface area contributed by atoms with Gasteiger partial charge in [-0.05, 0) is 18.2 Å². The van der Waals surface area contributed by atoms with Gasteiger partial charge in [0.2, 0.25) is 11.7 Å². The van der Waals surface area contributed by atoms with Gasteiger partial charge in [-0.3, -0.25) is 14.9 Å². The Kier molecular flexibility index (Phi) is 3.95. The Hall–Kier alpha value is -2.89. The number of amides is 1. The van der Waals surface area contributed by atoms with Crippen LogP contribution < -0.4 is 10.1 Å². The highest BCUT2D eigenvalue weighted by Crippen LogP contribution is 2.31. The molecule has 0 spiro atoms. The number of rotatable bonds is 4. The van der Waals surface area contributed by atoms with E-state index in [4.69, 9.17) is 4.74 Å². The van der Waals surface area contributed by atoms with Crippen LogP contribution in [0, 0.1) is 10.1 Å². The lowest BCUT2D eigenvalue weighted by atomic mass is 10.2. The Morgan fingerprint density at radius 2 is 1.95 bits per heavy atom. The summed E-state index contributed by atoms with van der Waals surface area (Å²) in [4.78, 5) is 21.4. The zero-order chi connectivity index (χ0) is 14.5. The third-order valence-corrected chi connectivity index (χ3v) is 2.44. The first kappa shape index (κ1) is 13.5. The van der Waals surface area contributed by atoms with Crippen molar-refractivity contribution in [2.24, 2.45) is 0 Å². The Morgan fingerprint density at radius 1 is 1.20 bits per heavy atom. The number of anilines is 1. The summed E-state index contributed by atoms with van der Waals surface area (Å²) in [5.74, 6) is 0.357. The van der Waals surface area contributed by atoms with Gasteiger partial charge in [-0.1, -0.05) is 18.2 Å². The van der Waals surface area contributed by atoms with Gasteiger partial charge in [-0.25, -0.2) is 0 Å². The monoisotopic (exact) mass is 272 g/mol. The standard InChI is InChI=1S/C14H12N2O4/c1-10(17)15-11-5-4-6-12(9-11)20-14-8-3-2-7-13(14)16(18)19/h2-9H,1H3,(H,15,17). The van der Waals surface area contributed by atoms with Crippen molar-refractivity contribution in [1.29, 1.82) is 0 Å². The number of nitro groups is 1. The summed E-state index contributed by atoms with van der Waals surface area (Å²) in [6.07, 6.45) is 0. The van der Waals surface area contributed by atoms with Gasteiger partial charge in [0.15, 0.2) is 0 Å². The normalized spacial score (nSPS) is 9.85. The van der Waals surface area contributed by atoms with Crippen LogP contribution in [0.2, 0.25) is 0 Å². The summed E-state index contributed by atoms with van der Waals surface area (Å²) < 4.78 is 5.50. The minimum absolute atomic E-state index is 0.113. The largest absolute Gasteiger partial charge is 0.450 e. The number of nitro benzene ring substituents is 1. The fourth-order valence-corrected chi connectivity index (χ4v) is 1.66. The molecule has 2 aromatic rings. The van der Waals surface area contributed by atoms with Crippen LogP contribution >= 0.6 is 0 Å². The van der Waals surface area contributed by atoms with E-state index in [1.807, 2.05) is 0 Å². The van der Waals surface area contributed by atoms with Crippen molar-refractivity contribution in [3.8, 4) is 11.5 Å². The molecule has 6 nitrogen and oxygen atoms in total. The summed E-state index contributed by atoms with van der Waals surface area (Å²) in [5.41, 5.74) is 0.450. The molecule has 0 atom stereocenters. The minimum atomic E-state index is -0.507. The number of ether oxygens (including phenoxy) is 1. The maximum Gasteiger partial charge on any atom is 0.311 e. The quantitative estimate of drug-likeness (QED) is 0.683. The highest BCUT2D eigenvalue weighted by atomic mass is 16.6. The summed E-state index contributed by atoms with van der Waals surface area (Å²) in [6, 6.07) is 12.7. The maximum absolute atomic E-state index is 11.0. The highest BCUT2D eigenvalue weighted by molar-refractivity contribution is 5.88. The van der Waals surface area contributed by atoms with E-state index >= 15 is 0 Å². The first-order valence-electron chi connectivity index (χ1n) is 5.85. The molecule has 0 aliphatic heterocycles.